The van der Waals surface area contributed by atoms with E-state index in [0.717, 1.165) is 55.0 Å². The Morgan fingerprint density at radius 3 is 1.90 bits per heavy atom. The van der Waals surface area contributed by atoms with Crippen LogP contribution in [0.3, 0.4) is 0 Å². The lowest BCUT2D eigenvalue weighted by Gasteiger charge is -2.08. The van der Waals surface area contributed by atoms with Crippen molar-refractivity contribution in [2.75, 3.05) is 5.73 Å². The molecule has 3 aromatic heterocycles. The zero-order valence-corrected chi connectivity index (χ0v) is 16.4. The first-order valence-electron chi connectivity index (χ1n) is 9.87. The van der Waals surface area contributed by atoms with E-state index in [9.17, 15) is 0 Å². The number of fused-ring (bicyclic) bond motifs is 7. The van der Waals surface area contributed by atoms with Crippen LogP contribution in [-0.4, -0.2) is 19.9 Å². The van der Waals surface area contributed by atoms with Crippen molar-refractivity contribution < 1.29 is 0 Å². The average Bonchev–Trinajstić information content (AvgIpc) is 2.82. The minimum atomic E-state index is 0.699. The van der Waals surface area contributed by atoms with Gasteiger partial charge in [-0.05, 0) is 60.7 Å². The fourth-order valence-electron chi connectivity index (χ4n) is 3.84. The first-order valence-corrected chi connectivity index (χ1v) is 9.87. The van der Waals surface area contributed by atoms with Crippen LogP contribution >= 0.6 is 0 Å². The summed E-state index contributed by atoms with van der Waals surface area (Å²) >= 11 is 0. The number of pyridine rings is 2. The Bertz CT molecular complexity index is 1710. The second-order valence-corrected chi connectivity index (χ2v) is 7.30. The van der Waals surface area contributed by atoms with Gasteiger partial charge in [0, 0.05) is 40.0 Å². The van der Waals surface area contributed by atoms with E-state index < -0.39 is 0 Å². The molecule has 3 heterocycles. The normalized spacial score (nSPS) is 11.1. The van der Waals surface area contributed by atoms with E-state index in [1.54, 1.807) is 12.4 Å². The highest BCUT2D eigenvalue weighted by molar-refractivity contribution is 6.21. The molecule has 0 aliphatic carbocycles. The van der Waals surface area contributed by atoms with Gasteiger partial charge >= 0.3 is 0 Å². The Labute approximate surface area is 177 Å². The number of rotatable bonds is 0. The third-order valence-electron chi connectivity index (χ3n) is 5.25. The minimum absolute atomic E-state index is 0.699. The zero-order valence-electron chi connectivity index (χ0n) is 16.4. The summed E-state index contributed by atoms with van der Waals surface area (Å²) in [6.07, 6.45) is 3.56. The molecule has 5 nitrogen and oxygen atoms in total. The van der Waals surface area contributed by atoms with E-state index in [2.05, 4.69) is 21.8 Å². The minimum Gasteiger partial charge on any atom is -0.399 e. The molecule has 0 bridgehead atoms. The lowest BCUT2D eigenvalue weighted by atomic mass is 10.1. The highest BCUT2D eigenvalue weighted by Crippen LogP contribution is 2.31. The molecule has 0 aliphatic heterocycles. The molecule has 6 rings (SSSR count). The number of nitrogen functional groups attached to an aromatic ring is 1. The number of nitrogens with zero attached hydrogens (tertiary/aromatic N) is 4. The van der Waals surface area contributed by atoms with Crippen LogP contribution in [0.4, 0.5) is 5.69 Å². The summed E-state index contributed by atoms with van der Waals surface area (Å²) in [4.78, 5) is 19.0. The Morgan fingerprint density at radius 2 is 1.23 bits per heavy atom. The molecule has 0 saturated carbocycles. The van der Waals surface area contributed by atoms with Gasteiger partial charge in [-0.25, -0.2) is 9.97 Å². The zero-order chi connectivity index (χ0) is 20.8. The van der Waals surface area contributed by atoms with Gasteiger partial charge in [-0.1, -0.05) is 17.9 Å². The lowest BCUT2D eigenvalue weighted by Crippen LogP contribution is -1.94. The third-order valence-corrected chi connectivity index (χ3v) is 5.25. The number of hydrogen-bond donors (Lipinski definition) is 1. The first-order chi connectivity index (χ1) is 15.3. The van der Waals surface area contributed by atoms with Gasteiger partial charge in [-0.3, -0.25) is 9.97 Å². The number of aromatic nitrogens is 4. The van der Waals surface area contributed by atoms with E-state index in [-0.39, 0.29) is 0 Å². The van der Waals surface area contributed by atoms with Crippen LogP contribution in [0.25, 0.3) is 43.9 Å². The van der Waals surface area contributed by atoms with E-state index in [0.29, 0.717) is 5.69 Å². The largest absolute Gasteiger partial charge is 0.399 e. The molecule has 0 spiro atoms. The van der Waals surface area contributed by atoms with E-state index in [1.807, 2.05) is 66.7 Å². The summed E-state index contributed by atoms with van der Waals surface area (Å²) in [5.41, 5.74) is 13.2. The van der Waals surface area contributed by atoms with E-state index >= 15 is 0 Å². The topological polar surface area (TPSA) is 77.6 Å². The van der Waals surface area contributed by atoms with E-state index in [4.69, 9.17) is 15.7 Å². The highest BCUT2D eigenvalue weighted by Gasteiger charge is 2.13. The van der Waals surface area contributed by atoms with E-state index in [1.165, 1.54) is 0 Å². The van der Waals surface area contributed by atoms with Crippen LogP contribution < -0.4 is 5.73 Å². The maximum atomic E-state index is 5.84. The van der Waals surface area contributed by atoms with Crippen molar-refractivity contribution in [1.82, 2.24) is 19.9 Å². The summed E-state index contributed by atoms with van der Waals surface area (Å²) in [5.74, 6) is 6.36. The molecular weight excluding hydrogens is 382 g/mol. The predicted molar refractivity (Wildman–Crippen MR) is 124 cm³/mol. The Kier molecular flexibility index (Phi) is 3.77. The van der Waals surface area contributed by atoms with Crippen LogP contribution in [0.2, 0.25) is 0 Å². The smallest absolute Gasteiger partial charge is 0.0996 e. The fraction of sp³-hybridized carbons (Fsp3) is 0. The molecular formula is C26H15N5. The molecule has 0 aliphatic rings. The monoisotopic (exact) mass is 397 g/mol. The predicted octanol–water partition coefficient (Wildman–Crippen LogP) is 4.86. The van der Waals surface area contributed by atoms with Crippen molar-refractivity contribution in [1.29, 1.82) is 0 Å². The number of benzene rings is 3. The SMILES string of the molecule is Nc1cccc(C#Cc2ccc3nc4c5cccnc5c5ncccc5c4nc3c2)c1. The van der Waals surface area contributed by atoms with Crippen LogP contribution in [0.5, 0.6) is 0 Å². The molecule has 31 heavy (non-hydrogen) atoms. The first kappa shape index (κ1) is 17.3. The van der Waals surface area contributed by atoms with Gasteiger partial charge in [0.25, 0.3) is 0 Å². The van der Waals surface area contributed by atoms with Gasteiger partial charge in [0.05, 0.1) is 33.1 Å². The molecule has 5 heteroatoms. The summed E-state index contributed by atoms with van der Waals surface area (Å²) in [5, 5.41) is 1.89. The molecule has 144 valence electrons. The average molecular weight is 397 g/mol. The van der Waals surface area contributed by atoms with Crippen LogP contribution in [-0.2, 0) is 0 Å². The molecule has 0 unspecified atom stereocenters. The van der Waals surface area contributed by atoms with Crippen LogP contribution in [0.15, 0.2) is 79.1 Å². The standard InChI is InChI=1S/C26H15N5/c27-18-5-1-4-16(14-18)8-9-17-10-11-21-22(15-17)31-26-20-7-3-13-29-24(20)23-19(25(26)30-21)6-2-12-28-23/h1-7,10-15H,27H2. The molecule has 0 radical (unpaired) electrons. The summed E-state index contributed by atoms with van der Waals surface area (Å²) < 4.78 is 0. The summed E-state index contributed by atoms with van der Waals surface area (Å²) in [6.45, 7) is 0. The van der Waals surface area contributed by atoms with Crippen molar-refractivity contribution in [3.05, 3.63) is 90.3 Å². The fourth-order valence-corrected chi connectivity index (χ4v) is 3.84. The van der Waals surface area contributed by atoms with Gasteiger partial charge in [0.2, 0.25) is 0 Å². The Balaban J connectivity index is 1.60. The molecule has 2 N–H and O–H groups in total. The molecule has 6 aromatic rings. The van der Waals surface area contributed by atoms with Crippen molar-refractivity contribution in [3.8, 4) is 11.8 Å². The number of anilines is 1. The lowest BCUT2D eigenvalue weighted by molar-refractivity contribution is 1.36. The van der Waals surface area contributed by atoms with Crippen LogP contribution in [0, 0.1) is 11.8 Å². The van der Waals surface area contributed by atoms with Crippen molar-refractivity contribution >= 4 is 49.6 Å². The van der Waals surface area contributed by atoms with Gasteiger partial charge in [0.15, 0.2) is 0 Å². The second kappa shape index (κ2) is 6.75. The van der Waals surface area contributed by atoms with Crippen molar-refractivity contribution in [2.24, 2.45) is 0 Å². The maximum absolute atomic E-state index is 5.84. The molecule has 0 atom stereocenters. The Hall–Kier alpha value is -4.56. The summed E-state index contributed by atoms with van der Waals surface area (Å²) in [6, 6.07) is 21.3. The van der Waals surface area contributed by atoms with Crippen molar-refractivity contribution in [2.45, 2.75) is 0 Å². The molecule has 3 aromatic carbocycles. The van der Waals surface area contributed by atoms with Crippen molar-refractivity contribution in [3.63, 3.8) is 0 Å². The second-order valence-electron chi connectivity index (χ2n) is 7.30. The van der Waals surface area contributed by atoms with Gasteiger partial charge in [-0.15, -0.1) is 0 Å². The summed E-state index contributed by atoms with van der Waals surface area (Å²) in [7, 11) is 0. The molecule has 0 fully saturated rings. The van der Waals surface area contributed by atoms with Gasteiger partial charge in [0.1, 0.15) is 0 Å². The highest BCUT2D eigenvalue weighted by atomic mass is 14.8. The number of nitrogens with two attached hydrogens (primary N) is 1. The molecule has 0 amide bonds. The quantitative estimate of drug-likeness (QED) is 0.171. The molecule has 0 saturated heterocycles. The Morgan fingerprint density at radius 1 is 0.581 bits per heavy atom. The van der Waals surface area contributed by atoms with Gasteiger partial charge in [-0.2, -0.15) is 0 Å². The maximum Gasteiger partial charge on any atom is 0.0996 e. The third kappa shape index (κ3) is 2.90. The van der Waals surface area contributed by atoms with Gasteiger partial charge < -0.3 is 5.73 Å². The number of hydrogen-bond acceptors (Lipinski definition) is 5. The van der Waals surface area contributed by atoms with Crippen LogP contribution in [0.1, 0.15) is 11.1 Å².